The fraction of sp³-hybridized carbons (Fsp3) is 0.281. The lowest BCUT2D eigenvalue weighted by molar-refractivity contribution is -0.138. The number of aromatic carboxylic acids is 1. The van der Waals surface area contributed by atoms with Crippen molar-refractivity contribution in [3.05, 3.63) is 85.4 Å². The maximum absolute atomic E-state index is 14.1. The second-order valence-electron chi connectivity index (χ2n) is 10.8. The van der Waals surface area contributed by atoms with Crippen LogP contribution in [0.2, 0.25) is 5.02 Å². The van der Waals surface area contributed by atoms with E-state index in [1.54, 1.807) is 30.3 Å². The number of nitriles is 1. The standard InChI is InChI=1S/C32H25ClF5N5O4S/c1-16-41-24-12-23(32(36,37)38)18(6-8-42(2)14-26(34)35)21(13-39)27(24)30(44)43(16)9-10-47-25-4-3-17(33)11-20(25)19-5-7-40-28-22(31(45)46)15-48-29(19)28/h3-5,7,11-12,15,26H,6,8-10,14H2,1-2H3,(H,45,46). The van der Waals surface area contributed by atoms with E-state index in [1.807, 2.05) is 0 Å². The number of thiophene rings is 1. The molecule has 0 aliphatic carbocycles. The third-order valence-corrected chi connectivity index (χ3v) is 8.88. The van der Waals surface area contributed by atoms with Crippen molar-refractivity contribution >= 4 is 50.0 Å². The Morgan fingerprint density at radius 2 is 1.98 bits per heavy atom. The van der Waals surface area contributed by atoms with Crippen LogP contribution in [0.15, 0.2) is 46.7 Å². The van der Waals surface area contributed by atoms with Gasteiger partial charge >= 0.3 is 12.1 Å². The number of carbonyl (C=O) groups is 1. The summed E-state index contributed by atoms with van der Waals surface area (Å²) in [6.07, 6.45) is -6.55. The van der Waals surface area contributed by atoms with Crippen LogP contribution < -0.4 is 10.3 Å². The summed E-state index contributed by atoms with van der Waals surface area (Å²) < 4.78 is 75.9. The number of fused-ring (bicyclic) bond motifs is 2. The van der Waals surface area contributed by atoms with Crippen LogP contribution in [0.1, 0.15) is 32.9 Å². The molecule has 1 N–H and O–H groups in total. The number of nitrogens with zero attached hydrogens (tertiary/aromatic N) is 5. The minimum atomic E-state index is -4.90. The van der Waals surface area contributed by atoms with Crippen LogP contribution in [-0.2, 0) is 19.1 Å². The van der Waals surface area contributed by atoms with Gasteiger partial charge in [0.25, 0.3) is 12.0 Å². The fourth-order valence-corrected chi connectivity index (χ4v) is 6.64. The minimum Gasteiger partial charge on any atom is -0.491 e. The number of benzene rings is 2. The SMILES string of the molecule is Cc1nc2cc(C(F)(F)F)c(CCN(C)CC(F)F)c(C#N)c2c(=O)n1CCOc1ccc(Cl)cc1-c1ccnc2c(C(=O)O)csc12. The molecule has 5 rings (SSSR count). The lowest BCUT2D eigenvalue weighted by Crippen LogP contribution is -2.29. The van der Waals surface area contributed by atoms with E-state index in [2.05, 4.69) is 9.97 Å². The van der Waals surface area contributed by atoms with Crippen LogP contribution in [-0.4, -0.2) is 63.7 Å². The van der Waals surface area contributed by atoms with E-state index in [9.17, 15) is 41.9 Å². The molecular weight excluding hydrogens is 681 g/mol. The first-order chi connectivity index (χ1) is 22.7. The molecule has 0 fully saturated rings. The molecule has 0 aliphatic heterocycles. The molecule has 0 amide bonds. The zero-order valence-corrected chi connectivity index (χ0v) is 26.8. The number of pyridine rings is 1. The molecule has 250 valence electrons. The summed E-state index contributed by atoms with van der Waals surface area (Å²) in [6.45, 7) is 0.316. The first-order valence-corrected chi connectivity index (χ1v) is 15.5. The molecule has 0 bridgehead atoms. The van der Waals surface area contributed by atoms with Crippen molar-refractivity contribution < 1.29 is 36.6 Å². The largest absolute Gasteiger partial charge is 0.491 e. The summed E-state index contributed by atoms with van der Waals surface area (Å²) in [5.41, 5.74) is -1.75. The highest BCUT2D eigenvalue weighted by Crippen LogP contribution is 2.40. The summed E-state index contributed by atoms with van der Waals surface area (Å²) >= 11 is 7.48. The summed E-state index contributed by atoms with van der Waals surface area (Å²) in [5.74, 6) is -0.706. The number of aromatic nitrogens is 3. The third kappa shape index (κ3) is 6.96. The van der Waals surface area contributed by atoms with Gasteiger partial charge in [0.15, 0.2) is 0 Å². The number of hydrogen-bond acceptors (Lipinski definition) is 8. The third-order valence-electron chi connectivity index (χ3n) is 7.65. The van der Waals surface area contributed by atoms with E-state index >= 15 is 0 Å². The smallest absolute Gasteiger partial charge is 0.416 e. The maximum atomic E-state index is 14.1. The Kier molecular flexibility index (Phi) is 9.99. The Bertz CT molecular complexity index is 2140. The zero-order valence-electron chi connectivity index (χ0n) is 25.2. The van der Waals surface area contributed by atoms with Crippen LogP contribution in [0, 0.1) is 18.3 Å². The van der Waals surface area contributed by atoms with E-state index in [1.165, 1.54) is 41.5 Å². The number of halogens is 6. The molecule has 3 aromatic heterocycles. The molecule has 0 saturated carbocycles. The van der Waals surface area contributed by atoms with Crippen molar-refractivity contribution in [3.63, 3.8) is 0 Å². The topological polar surface area (TPSA) is 121 Å². The average Bonchev–Trinajstić information content (AvgIpc) is 3.46. The Morgan fingerprint density at radius 3 is 2.65 bits per heavy atom. The Hall–Kier alpha value is -4.65. The number of likely N-dealkylation sites (N-methyl/N-ethyl adjacent to an activating group) is 1. The molecule has 0 atom stereocenters. The number of carboxylic acids is 1. The lowest BCUT2D eigenvalue weighted by atomic mass is 9.94. The number of aryl methyl sites for hydroxylation is 1. The van der Waals surface area contributed by atoms with Gasteiger partial charge in [-0.25, -0.2) is 18.6 Å². The highest BCUT2D eigenvalue weighted by atomic mass is 35.5. The molecule has 16 heteroatoms. The molecule has 0 spiro atoms. The molecule has 0 radical (unpaired) electrons. The van der Waals surface area contributed by atoms with E-state index in [-0.39, 0.29) is 42.0 Å². The van der Waals surface area contributed by atoms with Gasteiger partial charge in [-0.15, -0.1) is 11.3 Å². The first-order valence-electron chi connectivity index (χ1n) is 14.2. The second-order valence-corrected chi connectivity index (χ2v) is 12.1. The molecule has 0 unspecified atom stereocenters. The normalized spacial score (nSPS) is 11.9. The predicted octanol–water partition coefficient (Wildman–Crippen LogP) is 7.04. The van der Waals surface area contributed by atoms with Gasteiger partial charge in [0.05, 0.1) is 50.9 Å². The molecule has 9 nitrogen and oxygen atoms in total. The molecule has 0 saturated heterocycles. The number of hydrogen-bond donors (Lipinski definition) is 1. The van der Waals surface area contributed by atoms with Crippen molar-refractivity contribution in [1.29, 1.82) is 5.26 Å². The van der Waals surface area contributed by atoms with E-state index < -0.39 is 53.8 Å². The fourth-order valence-electron chi connectivity index (χ4n) is 5.44. The summed E-state index contributed by atoms with van der Waals surface area (Å²) in [7, 11) is 1.32. The highest BCUT2D eigenvalue weighted by Gasteiger charge is 2.36. The number of rotatable bonds is 11. The molecule has 2 aromatic carbocycles. The van der Waals surface area contributed by atoms with Gasteiger partial charge in [-0.2, -0.15) is 18.4 Å². The van der Waals surface area contributed by atoms with Crippen LogP contribution >= 0.6 is 22.9 Å². The summed E-state index contributed by atoms with van der Waals surface area (Å²) in [4.78, 5) is 35.0. The van der Waals surface area contributed by atoms with Gasteiger partial charge < -0.3 is 14.7 Å². The number of ether oxygens (including phenoxy) is 1. The van der Waals surface area contributed by atoms with Crippen LogP contribution in [0.4, 0.5) is 22.0 Å². The van der Waals surface area contributed by atoms with Gasteiger partial charge in [0.2, 0.25) is 0 Å². The molecular formula is C32H25ClF5N5O4S. The number of alkyl halides is 5. The Labute approximate surface area is 278 Å². The average molecular weight is 706 g/mol. The maximum Gasteiger partial charge on any atom is 0.416 e. The van der Waals surface area contributed by atoms with Gasteiger partial charge in [0, 0.05) is 34.3 Å². The second kappa shape index (κ2) is 13.8. The van der Waals surface area contributed by atoms with Crippen molar-refractivity contribution in [2.24, 2.45) is 0 Å². The molecule has 3 heterocycles. The summed E-state index contributed by atoms with van der Waals surface area (Å²) in [5, 5.41) is 21.1. The minimum absolute atomic E-state index is 0.0439. The van der Waals surface area contributed by atoms with Crippen molar-refractivity contribution in [3.8, 4) is 22.9 Å². The van der Waals surface area contributed by atoms with Crippen LogP contribution in [0.5, 0.6) is 5.75 Å². The van der Waals surface area contributed by atoms with E-state index in [0.717, 1.165) is 4.90 Å². The lowest BCUT2D eigenvalue weighted by Gasteiger charge is -2.20. The van der Waals surface area contributed by atoms with Gasteiger partial charge in [-0.3, -0.25) is 14.3 Å². The van der Waals surface area contributed by atoms with Crippen LogP contribution in [0.3, 0.4) is 0 Å². The van der Waals surface area contributed by atoms with Gasteiger partial charge in [-0.1, -0.05) is 11.6 Å². The van der Waals surface area contributed by atoms with Crippen LogP contribution in [0.25, 0.3) is 32.2 Å². The molecule has 48 heavy (non-hydrogen) atoms. The zero-order chi connectivity index (χ0) is 34.9. The highest BCUT2D eigenvalue weighted by molar-refractivity contribution is 7.18. The Balaban J connectivity index is 1.50. The van der Waals surface area contributed by atoms with Gasteiger partial charge in [0.1, 0.15) is 24.3 Å². The van der Waals surface area contributed by atoms with Crippen molar-refractivity contribution in [1.82, 2.24) is 19.4 Å². The van der Waals surface area contributed by atoms with Crippen molar-refractivity contribution in [2.75, 3.05) is 26.7 Å². The first kappa shape index (κ1) is 34.7. The van der Waals surface area contributed by atoms with E-state index in [4.69, 9.17) is 16.3 Å². The van der Waals surface area contributed by atoms with E-state index in [0.29, 0.717) is 38.2 Å². The van der Waals surface area contributed by atoms with Crippen molar-refractivity contribution in [2.45, 2.75) is 32.5 Å². The molecule has 0 aliphatic rings. The summed E-state index contributed by atoms with van der Waals surface area (Å²) in [6, 6.07) is 8.96. The Morgan fingerprint density at radius 1 is 1.23 bits per heavy atom. The predicted molar refractivity (Wildman–Crippen MR) is 170 cm³/mol. The monoisotopic (exact) mass is 705 g/mol. The van der Waals surface area contributed by atoms with Gasteiger partial charge in [-0.05, 0) is 56.3 Å². The number of carboxylic acid groups (broad SMARTS) is 1. The quantitative estimate of drug-likeness (QED) is 0.145. The molecule has 5 aromatic rings.